The van der Waals surface area contributed by atoms with Gasteiger partial charge in [0.15, 0.2) is 0 Å². The second-order valence-corrected chi connectivity index (χ2v) is 8.84. The molecule has 0 spiro atoms. The molecule has 0 aliphatic carbocycles. The van der Waals surface area contributed by atoms with Crippen LogP contribution in [-0.4, -0.2) is 15.9 Å². The highest BCUT2D eigenvalue weighted by Crippen LogP contribution is 2.30. The topological polar surface area (TPSA) is 58.2 Å². The first kappa shape index (κ1) is 18.8. The maximum absolute atomic E-state index is 12.6. The molecular weight excluding hydrogens is 388 g/mol. The lowest BCUT2D eigenvalue weighted by atomic mass is 10.1. The van der Waals surface area contributed by atoms with Crippen LogP contribution in [0.3, 0.4) is 0 Å². The van der Waals surface area contributed by atoms with Crippen molar-refractivity contribution in [3.05, 3.63) is 83.9 Å². The van der Waals surface area contributed by atoms with Gasteiger partial charge in [-0.1, -0.05) is 18.2 Å². The van der Waals surface area contributed by atoms with Crippen LogP contribution in [0.15, 0.2) is 82.6 Å². The van der Waals surface area contributed by atoms with Crippen molar-refractivity contribution in [1.82, 2.24) is 0 Å². The second-order valence-electron chi connectivity index (χ2n) is 6.49. The number of nitrogens with one attached hydrogen (secondary N) is 2. The smallest absolute Gasteiger partial charge is 0.255 e. The van der Waals surface area contributed by atoms with Gasteiger partial charge >= 0.3 is 0 Å². The van der Waals surface area contributed by atoms with E-state index in [-0.39, 0.29) is 5.91 Å². The average molecular weight is 409 g/mol. The van der Waals surface area contributed by atoms with Gasteiger partial charge in [-0.15, -0.1) is 11.8 Å². The predicted octanol–water partition coefficient (Wildman–Crippen LogP) is 5.11. The third kappa shape index (κ3) is 4.46. The van der Waals surface area contributed by atoms with E-state index in [1.165, 1.54) is 10.5 Å². The molecule has 28 heavy (non-hydrogen) atoms. The van der Waals surface area contributed by atoms with Crippen LogP contribution in [0.4, 0.5) is 11.4 Å². The van der Waals surface area contributed by atoms with Gasteiger partial charge in [-0.05, 0) is 78.8 Å². The Morgan fingerprint density at radius 2 is 1.71 bits per heavy atom. The van der Waals surface area contributed by atoms with Crippen LogP contribution in [0.25, 0.3) is 0 Å². The van der Waals surface area contributed by atoms with Crippen LogP contribution < -0.4 is 10.0 Å². The van der Waals surface area contributed by atoms with Crippen molar-refractivity contribution in [2.24, 2.45) is 0 Å². The molecule has 1 heterocycles. The first-order valence-corrected chi connectivity index (χ1v) is 11.2. The zero-order chi connectivity index (χ0) is 19.3. The van der Waals surface area contributed by atoms with E-state index in [0.29, 0.717) is 16.1 Å². The number of thioether (sulfide) groups is 1. The fraction of sp³-hybridized carbons (Fsp3) is 0.136. The van der Waals surface area contributed by atoms with Crippen LogP contribution >= 0.6 is 11.8 Å². The molecule has 1 aliphatic rings. The minimum Gasteiger partial charge on any atom is -0.322 e. The van der Waals surface area contributed by atoms with Crippen LogP contribution in [0.1, 0.15) is 22.3 Å². The number of anilines is 2. The van der Waals surface area contributed by atoms with E-state index >= 15 is 0 Å². The summed E-state index contributed by atoms with van der Waals surface area (Å²) in [5.74, 6) is 1.01. The monoisotopic (exact) mass is 408 g/mol. The molecular formula is C22H20N2O2S2. The number of benzene rings is 3. The predicted molar refractivity (Wildman–Crippen MR) is 116 cm³/mol. The highest BCUT2D eigenvalue weighted by Gasteiger charge is 2.13. The summed E-state index contributed by atoms with van der Waals surface area (Å²) in [6.07, 6.45) is 2.18. The van der Waals surface area contributed by atoms with Gasteiger partial charge < -0.3 is 10.0 Å². The molecule has 1 atom stereocenters. The second kappa shape index (κ2) is 8.63. The summed E-state index contributed by atoms with van der Waals surface area (Å²) in [6.45, 7) is 0. The van der Waals surface area contributed by atoms with E-state index in [1.807, 2.05) is 60.3 Å². The van der Waals surface area contributed by atoms with E-state index in [0.717, 1.165) is 24.3 Å². The molecule has 2 N–H and O–H groups in total. The molecule has 142 valence electrons. The Morgan fingerprint density at radius 3 is 2.50 bits per heavy atom. The molecule has 0 saturated heterocycles. The molecule has 0 radical (unpaired) electrons. The molecule has 4 rings (SSSR count). The normalized spacial score (nSPS) is 14.0. The molecule has 3 aromatic rings. The standard InChI is InChI=1S/C22H20N2O2S2/c25-22(17-8-13-21-16(15-17)5-4-14-27-21)23-18-9-11-20(12-10-18)28(26)24-19-6-2-1-3-7-19/h1-3,6-13,15,24H,4-5,14H2,(H,23,25). The van der Waals surface area contributed by atoms with E-state index in [1.54, 1.807) is 24.3 Å². The molecule has 0 bridgehead atoms. The SMILES string of the molecule is O=C(Nc1ccc(S(=O)Nc2ccccc2)cc1)c1ccc2c(c1)CCCS2. The molecule has 3 aromatic carbocycles. The maximum Gasteiger partial charge on any atom is 0.255 e. The molecule has 1 amide bonds. The Labute approximate surface area is 171 Å². The maximum atomic E-state index is 12.6. The highest BCUT2D eigenvalue weighted by molar-refractivity contribution is 7.99. The van der Waals surface area contributed by atoms with Crippen molar-refractivity contribution in [3.8, 4) is 0 Å². The summed E-state index contributed by atoms with van der Waals surface area (Å²) in [7, 11) is -1.36. The number of carbonyl (C=O) groups excluding carboxylic acids is 1. The van der Waals surface area contributed by atoms with E-state index in [2.05, 4.69) is 10.0 Å². The van der Waals surface area contributed by atoms with E-state index < -0.39 is 11.0 Å². The summed E-state index contributed by atoms with van der Waals surface area (Å²) < 4.78 is 15.4. The van der Waals surface area contributed by atoms with Crippen molar-refractivity contribution in [3.63, 3.8) is 0 Å². The van der Waals surface area contributed by atoms with Gasteiger partial charge in [0, 0.05) is 21.8 Å². The molecule has 0 fully saturated rings. The van der Waals surface area contributed by atoms with Crippen molar-refractivity contribution in [2.45, 2.75) is 22.6 Å². The quantitative estimate of drug-likeness (QED) is 0.617. The Hall–Kier alpha value is -2.57. The minimum absolute atomic E-state index is 0.130. The summed E-state index contributed by atoms with van der Waals surface area (Å²) >= 11 is 1.85. The minimum atomic E-state index is -1.36. The highest BCUT2D eigenvalue weighted by atomic mass is 32.2. The molecule has 0 saturated carbocycles. The molecule has 4 nitrogen and oxygen atoms in total. The zero-order valence-electron chi connectivity index (χ0n) is 15.2. The number of aryl methyl sites for hydroxylation is 1. The van der Waals surface area contributed by atoms with Gasteiger partial charge in [-0.3, -0.25) is 4.79 Å². The van der Waals surface area contributed by atoms with Crippen molar-refractivity contribution in [1.29, 1.82) is 0 Å². The lowest BCUT2D eigenvalue weighted by molar-refractivity contribution is 0.102. The number of para-hydroxylation sites is 1. The Balaban J connectivity index is 1.41. The number of rotatable bonds is 5. The van der Waals surface area contributed by atoms with Gasteiger partial charge in [-0.2, -0.15) is 0 Å². The summed E-state index contributed by atoms with van der Waals surface area (Å²) in [5.41, 5.74) is 3.39. The van der Waals surface area contributed by atoms with Crippen molar-refractivity contribution in [2.75, 3.05) is 15.8 Å². The molecule has 1 aliphatic heterocycles. The average Bonchev–Trinajstić information content (AvgIpc) is 2.74. The molecule has 1 unspecified atom stereocenters. The van der Waals surface area contributed by atoms with Crippen LogP contribution in [-0.2, 0) is 17.4 Å². The fourth-order valence-corrected chi connectivity index (χ4v) is 4.91. The van der Waals surface area contributed by atoms with Gasteiger partial charge in [0.25, 0.3) is 5.91 Å². The first-order valence-electron chi connectivity index (χ1n) is 9.10. The third-order valence-corrected chi connectivity index (χ3v) is 6.80. The van der Waals surface area contributed by atoms with Crippen LogP contribution in [0.5, 0.6) is 0 Å². The lowest BCUT2D eigenvalue weighted by Crippen LogP contribution is -2.13. The number of amides is 1. The summed E-state index contributed by atoms with van der Waals surface area (Å²) in [4.78, 5) is 14.5. The number of hydrogen-bond donors (Lipinski definition) is 2. The Kier molecular flexibility index (Phi) is 5.78. The zero-order valence-corrected chi connectivity index (χ0v) is 16.8. The van der Waals surface area contributed by atoms with Crippen LogP contribution in [0, 0.1) is 0 Å². The number of carbonyl (C=O) groups is 1. The van der Waals surface area contributed by atoms with E-state index in [4.69, 9.17) is 0 Å². The Morgan fingerprint density at radius 1 is 0.929 bits per heavy atom. The summed E-state index contributed by atoms with van der Waals surface area (Å²) in [6, 6.07) is 22.4. The van der Waals surface area contributed by atoms with Gasteiger partial charge in [-0.25, -0.2) is 4.21 Å². The molecule has 6 heteroatoms. The molecule has 0 aromatic heterocycles. The number of hydrogen-bond acceptors (Lipinski definition) is 3. The van der Waals surface area contributed by atoms with Crippen LogP contribution in [0.2, 0.25) is 0 Å². The Bertz CT molecular complexity index is 1000. The van der Waals surface area contributed by atoms with Gasteiger partial charge in [0.05, 0.1) is 4.90 Å². The van der Waals surface area contributed by atoms with Gasteiger partial charge in [0.1, 0.15) is 11.0 Å². The first-order chi connectivity index (χ1) is 13.7. The fourth-order valence-electron chi connectivity index (χ4n) is 3.04. The van der Waals surface area contributed by atoms with Gasteiger partial charge in [0.2, 0.25) is 0 Å². The largest absolute Gasteiger partial charge is 0.322 e. The van der Waals surface area contributed by atoms with Crippen molar-refractivity contribution >= 4 is 40.0 Å². The lowest BCUT2D eigenvalue weighted by Gasteiger charge is -2.16. The number of fused-ring (bicyclic) bond motifs is 1. The van der Waals surface area contributed by atoms with E-state index in [9.17, 15) is 9.00 Å². The third-order valence-electron chi connectivity index (χ3n) is 4.48. The van der Waals surface area contributed by atoms with Crippen molar-refractivity contribution < 1.29 is 9.00 Å². The summed E-state index contributed by atoms with van der Waals surface area (Å²) in [5, 5.41) is 2.92.